The highest BCUT2D eigenvalue weighted by Crippen LogP contribution is 2.30. The van der Waals surface area contributed by atoms with Crippen molar-refractivity contribution in [3.63, 3.8) is 0 Å². The zero-order valence-corrected chi connectivity index (χ0v) is 10.8. The zero-order valence-electron chi connectivity index (χ0n) is 10.0. The normalized spacial score (nSPS) is 23.9. The van der Waals surface area contributed by atoms with Crippen molar-refractivity contribution in [3.8, 4) is 0 Å². The van der Waals surface area contributed by atoms with Gasteiger partial charge in [0.2, 0.25) is 0 Å². The van der Waals surface area contributed by atoms with Crippen molar-refractivity contribution in [3.05, 3.63) is 11.1 Å². The SMILES string of the molecule is CCN(C(=O)c1cnns1)C1CCCC1CN. The number of aromatic nitrogens is 2. The molecule has 6 heteroatoms. The Hall–Kier alpha value is -1.01. The maximum absolute atomic E-state index is 12.3. The van der Waals surface area contributed by atoms with Crippen molar-refractivity contribution in [2.75, 3.05) is 13.1 Å². The quantitative estimate of drug-likeness (QED) is 0.874. The maximum Gasteiger partial charge on any atom is 0.267 e. The van der Waals surface area contributed by atoms with Crippen LogP contribution in [0.15, 0.2) is 6.20 Å². The second kappa shape index (κ2) is 5.55. The molecule has 1 aliphatic carbocycles. The summed E-state index contributed by atoms with van der Waals surface area (Å²) < 4.78 is 3.75. The van der Waals surface area contributed by atoms with E-state index in [0.717, 1.165) is 37.3 Å². The molecule has 1 amide bonds. The minimum absolute atomic E-state index is 0.0489. The molecule has 0 bridgehead atoms. The number of hydrogen-bond acceptors (Lipinski definition) is 5. The van der Waals surface area contributed by atoms with Gasteiger partial charge in [-0.15, -0.1) is 5.10 Å². The van der Waals surface area contributed by atoms with E-state index in [1.165, 1.54) is 0 Å². The van der Waals surface area contributed by atoms with Gasteiger partial charge in [0, 0.05) is 12.6 Å². The molecular formula is C11H18N4OS. The van der Waals surface area contributed by atoms with E-state index in [1.807, 2.05) is 11.8 Å². The lowest BCUT2D eigenvalue weighted by Gasteiger charge is -2.31. The summed E-state index contributed by atoms with van der Waals surface area (Å²) in [6.07, 6.45) is 4.90. The van der Waals surface area contributed by atoms with Crippen molar-refractivity contribution in [2.45, 2.75) is 32.2 Å². The molecule has 1 heterocycles. The van der Waals surface area contributed by atoms with Crippen molar-refractivity contribution in [1.29, 1.82) is 0 Å². The summed E-state index contributed by atoms with van der Waals surface area (Å²) in [5.74, 6) is 0.493. The molecule has 2 atom stereocenters. The van der Waals surface area contributed by atoms with Gasteiger partial charge in [-0.05, 0) is 43.8 Å². The van der Waals surface area contributed by atoms with Gasteiger partial charge in [0.15, 0.2) is 0 Å². The molecule has 2 rings (SSSR count). The predicted octanol–water partition coefficient (Wildman–Crippen LogP) is 1.13. The van der Waals surface area contributed by atoms with Crippen molar-refractivity contribution in [1.82, 2.24) is 14.5 Å². The summed E-state index contributed by atoms with van der Waals surface area (Å²) in [5.41, 5.74) is 5.78. The topological polar surface area (TPSA) is 72.1 Å². The smallest absolute Gasteiger partial charge is 0.267 e. The number of amides is 1. The monoisotopic (exact) mass is 254 g/mol. The molecule has 0 aliphatic heterocycles. The van der Waals surface area contributed by atoms with Gasteiger partial charge >= 0.3 is 0 Å². The van der Waals surface area contributed by atoms with Crippen LogP contribution in [-0.2, 0) is 0 Å². The Morgan fingerprint density at radius 1 is 1.65 bits per heavy atom. The van der Waals surface area contributed by atoms with E-state index >= 15 is 0 Å². The van der Waals surface area contributed by atoms with Crippen LogP contribution < -0.4 is 5.73 Å². The Bertz CT molecular complexity index is 368. The van der Waals surface area contributed by atoms with Gasteiger partial charge < -0.3 is 10.6 Å². The van der Waals surface area contributed by atoms with Gasteiger partial charge in [-0.1, -0.05) is 10.9 Å². The molecule has 2 unspecified atom stereocenters. The van der Waals surface area contributed by atoms with Crippen LogP contribution in [0.2, 0.25) is 0 Å². The number of hydrogen-bond donors (Lipinski definition) is 1. The molecule has 1 fully saturated rings. The molecule has 5 nitrogen and oxygen atoms in total. The molecule has 0 saturated heterocycles. The summed E-state index contributed by atoms with van der Waals surface area (Å²) in [5, 5.41) is 3.72. The Kier molecular flexibility index (Phi) is 4.06. The Labute approximate surface area is 105 Å². The maximum atomic E-state index is 12.3. The Morgan fingerprint density at radius 3 is 3.06 bits per heavy atom. The lowest BCUT2D eigenvalue weighted by atomic mass is 10.0. The molecule has 2 N–H and O–H groups in total. The van der Waals surface area contributed by atoms with Gasteiger partial charge in [0.05, 0.1) is 6.20 Å². The molecule has 0 radical (unpaired) electrons. The largest absolute Gasteiger partial charge is 0.335 e. The highest BCUT2D eigenvalue weighted by atomic mass is 32.1. The Balaban J connectivity index is 2.13. The summed E-state index contributed by atoms with van der Waals surface area (Å²) in [7, 11) is 0. The average Bonchev–Trinajstić information content (AvgIpc) is 3.01. The molecular weight excluding hydrogens is 236 g/mol. The first-order valence-electron chi connectivity index (χ1n) is 6.06. The predicted molar refractivity (Wildman–Crippen MR) is 66.8 cm³/mol. The second-order valence-corrected chi connectivity index (χ2v) is 5.15. The fourth-order valence-electron chi connectivity index (χ4n) is 2.63. The van der Waals surface area contributed by atoms with Crippen LogP contribution in [0.4, 0.5) is 0 Å². The zero-order chi connectivity index (χ0) is 12.3. The second-order valence-electron chi connectivity index (χ2n) is 4.37. The number of carbonyl (C=O) groups is 1. The summed E-state index contributed by atoms with van der Waals surface area (Å²) in [6, 6.07) is 0.291. The van der Waals surface area contributed by atoms with Gasteiger partial charge in [0.25, 0.3) is 5.91 Å². The van der Waals surface area contributed by atoms with Gasteiger partial charge in [0.1, 0.15) is 4.88 Å². The minimum Gasteiger partial charge on any atom is -0.335 e. The molecule has 17 heavy (non-hydrogen) atoms. The molecule has 1 saturated carbocycles. The molecule has 1 aliphatic rings. The van der Waals surface area contributed by atoms with Crippen LogP contribution in [0.1, 0.15) is 35.9 Å². The Morgan fingerprint density at radius 2 is 2.47 bits per heavy atom. The first kappa shape index (κ1) is 12.4. The average molecular weight is 254 g/mol. The lowest BCUT2D eigenvalue weighted by molar-refractivity contribution is 0.0657. The van der Waals surface area contributed by atoms with E-state index in [2.05, 4.69) is 9.59 Å². The third-order valence-electron chi connectivity index (χ3n) is 3.50. The molecule has 94 valence electrons. The van der Waals surface area contributed by atoms with E-state index in [4.69, 9.17) is 5.73 Å². The van der Waals surface area contributed by atoms with Crippen molar-refractivity contribution >= 4 is 17.4 Å². The highest BCUT2D eigenvalue weighted by molar-refractivity contribution is 7.07. The first-order valence-corrected chi connectivity index (χ1v) is 6.83. The molecule has 0 aromatic carbocycles. The van der Waals surface area contributed by atoms with Crippen molar-refractivity contribution in [2.24, 2.45) is 11.7 Å². The van der Waals surface area contributed by atoms with Crippen LogP contribution >= 0.6 is 11.5 Å². The van der Waals surface area contributed by atoms with Crippen LogP contribution in [0.3, 0.4) is 0 Å². The van der Waals surface area contributed by atoms with Crippen molar-refractivity contribution < 1.29 is 4.79 Å². The molecule has 1 aromatic heterocycles. The fraction of sp³-hybridized carbons (Fsp3) is 0.727. The van der Waals surface area contributed by atoms with Crippen LogP contribution in [0.5, 0.6) is 0 Å². The third kappa shape index (κ3) is 2.47. The first-order chi connectivity index (χ1) is 8.27. The van der Waals surface area contributed by atoms with E-state index < -0.39 is 0 Å². The van der Waals surface area contributed by atoms with E-state index in [9.17, 15) is 4.79 Å². The summed E-state index contributed by atoms with van der Waals surface area (Å²) in [6.45, 7) is 3.39. The van der Waals surface area contributed by atoms with Crippen LogP contribution in [0.25, 0.3) is 0 Å². The number of nitrogens with two attached hydrogens (primary N) is 1. The van der Waals surface area contributed by atoms with Gasteiger partial charge in [-0.3, -0.25) is 4.79 Å². The van der Waals surface area contributed by atoms with E-state index in [-0.39, 0.29) is 5.91 Å². The van der Waals surface area contributed by atoms with E-state index in [1.54, 1.807) is 6.20 Å². The number of nitrogens with zero attached hydrogens (tertiary/aromatic N) is 3. The molecule has 0 spiro atoms. The van der Waals surface area contributed by atoms with E-state index in [0.29, 0.717) is 23.4 Å². The van der Waals surface area contributed by atoms with Crippen LogP contribution in [0, 0.1) is 5.92 Å². The van der Waals surface area contributed by atoms with Crippen LogP contribution in [-0.4, -0.2) is 39.5 Å². The summed E-state index contributed by atoms with van der Waals surface area (Å²) in [4.78, 5) is 14.9. The highest BCUT2D eigenvalue weighted by Gasteiger charge is 2.33. The minimum atomic E-state index is 0.0489. The summed E-state index contributed by atoms with van der Waals surface area (Å²) >= 11 is 1.16. The third-order valence-corrected chi connectivity index (χ3v) is 4.15. The number of carbonyl (C=O) groups excluding carboxylic acids is 1. The number of rotatable bonds is 4. The standard InChI is InChI=1S/C11H18N4OS/c1-2-15(9-5-3-4-8(9)6-12)11(16)10-7-13-14-17-10/h7-9H,2-6,12H2,1H3. The lowest BCUT2D eigenvalue weighted by Crippen LogP contribution is -2.43. The molecule has 1 aromatic rings. The van der Waals surface area contributed by atoms with Gasteiger partial charge in [-0.2, -0.15) is 0 Å². The fourth-order valence-corrected chi connectivity index (χ4v) is 3.11. The van der Waals surface area contributed by atoms with Gasteiger partial charge in [-0.25, -0.2) is 0 Å².